The van der Waals surface area contributed by atoms with Gasteiger partial charge in [0.25, 0.3) is 0 Å². The highest BCUT2D eigenvalue weighted by atomic mass is 35.5. The molecule has 0 radical (unpaired) electrons. The van der Waals surface area contributed by atoms with Gasteiger partial charge in [-0.3, -0.25) is 4.79 Å². The summed E-state index contributed by atoms with van der Waals surface area (Å²) in [6.45, 7) is 4.15. The molecule has 5 rings (SSSR count). The van der Waals surface area contributed by atoms with E-state index in [9.17, 15) is 9.18 Å². The Bertz CT molecular complexity index is 1530. The van der Waals surface area contributed by atoms with Gasteiger partial charge in [-0.05, 0) is 56.2 Å². The number of halogens is 2. The van der Waals surface area contributed by atoms with Gasteiger partial charge in [0.05, 0.1) is 18.0 Å². The second-order valence-electron chi connectivity index (χ2n) is 8.23. The fraction of sp³-hybridized carbons (Fsp3) is 0.240. The molecular weight excluding hydrogens is 457 g/mol. The number of benzene rings is 1. The van der Waals surface area contributed by atoms with Crippen LogP contribution in [0.25, 0.3) is 28.0 Å². The summed E-state index contributed by atoms with van der Waals surface area (Å²) in [5, 5.41) is 0.296. The quantitative estimate of drug-likeness (QED) is 0.424. The summed E-state index contributed by atoms with van der Waals surface area (Å²) >= 11 is 5.97. The monoisotopic (exact) mass is 477 g/mol. The van der Waals surface area contributed by atoms with Gasteiger partial charge < -0.3 is 9.30 Å². The predicted octanol–water partition coefficient (Wildman–Crippen LogP) is 4.74. The van der Waals surface area contributed by atoms with E-state index < -0.39 is 5.82 Å². The third kappa shape index (κ3) is 4.10. The Kier molecular flexibility index (Phi) is 5.71. The van der Waals surface area contributed by atoms with Gasteiger partial charge in [-0.2, -0.15) is 0 Å². The molecular formula is C25H21ClFN5O2. The van der Waals surface area contributed by atoms with E-state index in [4.69, 9.17) is 21.3 Å². The zero-order valence-corrected chi connectivity index (χ0v) is 19.6. The van der Waals surface area contributed by atoms with Crippen molar-refractivity contribution >= 4 is 28.3 Å². The van der Waals surface area contributed by atoms with Crippen LogP contribution in [0.1, 0.15) is 35.3 Å². The van der Waals surface area contributed by atoms with Crippen molar-refractivity contribution in [1.29, 1.82) is 0 Å². The molecule has 34 heavy (non-hydrogen) atoms. The molecule has 172 valence electrons. The van der Waals surface area contributed by atoms with Gasteiger partial charge in [0.15, 0.2) is 11.5 Å². The molecule has 4 heterocycles. The maximum atomic E-state index is 14.9. The Balaban J connectivity index is 1.69. The van der Waals surface area contributed by atoms with Crippen molar-refractivity contribution in [3.63, 3.8) is 0 Å². The van der Waals surface area contributed by atoms with Crippen LogP contribution in [-0.2, 0) is 11.8 Å². The van der Waals surface area contributed by atoms with E-state index in [0.29, 0.717) is 40.7 Å². The van der Waals surface area contributed by atoms with E-state index in [1.54, 1.807) is 31.4 Å². The van der Waals surface area contributed by atoms with E-state index >= 15 is 0 Å². The van der Waals surface area contributed by atoms with Crippen LogP contribution < -0.4 is 5.56 Å². The Morgan fingerprint density at radius 3 is 2.65 bits per heavy atom. The summed E-state index contributed by atoms with van der Waals surface area (Å²) in [6, 6.07) is 7.72. The molecule has 7 nitrogen and oxygen atoms in total. The number of fused-ring (bicyclic) bond motifs is 1. The molecule has 0 spiro atoms. The van der Waals surface area contributed by atoms with Crippen molar-refractivity contribution in [2.24, 2.45) is 7.05 Å². The molecule has 0 N–H and O–H groups in total. The number of aryl methyl sites for hydroxylation is 3. The highest BCUT2D eigenvalue weighted by molar-refractivity contribution is 6.30. The fourth-order valence-electron chi connectivity index (χ4n) is 3.90. The molecule has 3 aromatic heterocycles. The Labute approximate surface area is 200 Å². The summed E-state index contributed by atoms with van der Waals surface area (Å²) in [5.41, 5.74) is 4.51. The molecule has 1 aliphatic heterocycles. The Hall–Kier alpha value is -3.49. The van der Waals surface area contributed by atoms with Crippen LogP contribution in [0.15, 0.2) is 47.4 Å². The fourth-order valence-corrected chi connectivity index (χ4v) is 4.06. The lowest BCUT2D eigenvalue weighted by molar-refractivity contribution is 0.0821. The molecule has 0 bridgehead atoms. The third-order valence-corrected chi connectivity index (χ3v) is 6.11. The Morgan fingerprint density at radius 1 is 1.09 bits per heavy atom. The molecule has 1 aliphatic rings. The molecule has 0 saturated carbocycles. The number of hydrogen-bond donors (Lipinski definition) is 0. The second-order valence-corrected chi connectivity index (χ2v) is 8.67. The van der Waals surface area contributed by atoms with Crippen LogP contribution in [0, 0.1) is 19.7 Å². The Morgan fingerprint density at radius 2 is 1.88 bits per heavy atom. The zero-order chi connectivity index (χ0) is 24.0. The van der Waals surface area contributed by atoms with Gasteiger partial charge in [0.2, 0.25) is 5.56 Å². The topological polar surface area (TPSA) is 82.8 Å². The second kappa shape index (κ2) is 8.70. The van der Waals surface area contributed by atoms with Gasteiger partial charge >= 0.3 is 0 Å². The van der Waals surface area contributed by atoms with Crippen LogP contribution in [-0.4, -0.2) is 31.1 Å². The molecule has 1 aromatic carbocycles. The maximum absolute atomic E-state index is 14.9. The molecule has 1 atom stereocenters. The molecule has 0 saturated heterocycles. The first kappa shape index (κ1) is 22.3. The van der Waals surface area contributed by atoms with Gasteiger partial charge in [0.1, 0.15) is 23.1 Å². The number of nitrogens with zero attached hydrogens (tertiary/aromatic N) is 5. The summed E-state index contributed by atoms with van der Waals surface area (Å²) in [7, 11) is 1.70. The van der Waals surface area contributed by atoms with Crippen LogP contribution in [0.5, 0.6) is 0 Å². The minimum Gasteiger partial charge on any atom is -0.369 e. The number of ether oxygens (including phenoxy) is 1. The molecule has 0 amide bonds. The lowest BCUT2D eigenvalue weighted by Crippen LogP contribution is -2.18. The lowest BCUT2D eigenvalue weighted by Gasteiger charge is -2.22. The van der Waals surface area contributed by atoms with Crippen molar-refractivity contribution in [2.75, 3.05) is 6.61 Å². The van der Waals surface area contributed by atoms with E-state index in [2.05, 4.69) is 15.0 Å². The number of rotatable bonds is 3. The van der Waals surface area contributed by atoms with Gasteiger partial charge in [-0.15, -0.1) is 0 Å². The van der Waals surface area contributed by atoms with Gasteiger partial charge in [-0.25, -0.2) is 24.3 Å². The molecule has 4 aromatic rings. The van der Waals surface area contributed by atoms with Crippen LogP contribution in [0.3, 0.4) is 0 Å². The van der Waals surface area contributed by atoms with Crippen molar-refractivity contribution in [1.82, 2.24) is 24.5 Å². The van der Waals surface area contributed by atoms with Crippen molar-refractivity contribution in [3.05, 3.63) is 86.6 Å². The smallest absolute Gasteiger partial charge is 0.250 e. The first-order valence-corrected chi connectivity index (χ1v) is 11.2. The SMILES string of the molecule is Cc1nc2nc(C3=CC(c4ccc(=O)n(C)c4)OCC3)nc(-c3ccc(Cl)cc3F)c2nc1C. The first-order chi connectivity index (χ1) is 16.3. The normalized spacial score (nSPS) is 16.0. The number of aromatic nitrogens is 5. The molecule has 1 unspecified atom stereocenters. The summed E-state index contributed by atoms with van der Waals surface area (Å²) in [5.74, 6) is -0.0602. The van der Waals surface area contributed by atoms with E-state index in [0.717, 1.165) is 22.5 Å². The summed E-state index contributed by atoms with van der Waals surface area (Å²) < 4.78 is 22.4. The highest BCUT2D eigenvalue weighted by Crippen LogP contribution is 2.33. The minimum absolute atomic E-state index is 0.0968. The first-order valence-electron chi connectivity index (χ1n) is 10.8. The van der Waals surface area contributed by atoms with Gasteiger partial charge in [-0.1, -0.05) is 11.6 Å². The average Bonchev–Trinajstić information content (AvgIpc) is 2.81. The van der Waals surface area contributed by atoms with Crippen LogP contribution in [0.2, 0.25) is 5.02 Å². The van der Waals surface area contributed by atoms with Crippen LogP contribution in [0.4, 0.5) is 4.39 Å². The van der Waals surface area contributed by atoms with Crippen LogP contribution >= 0.6 is 11.6 Å². The van der Waals surface area contributed by atoms with E-state index in [-0.39, 0.29) is 17.2 Å². The summed E-state index contributed by atoms with van der Waals surface area (Å²) in [6.07, 6.45) is 3.89. The lowest BCUT2D eigenvalue weighted by atomic mass is 10.0. The number of pyridine rings is 1. The van der Waals surface area contributed by atoms with E-state index in [1.165, 1.54) is 16.7 Å². The van der Waals surface area contributed by atoms with Crippen molar-refractivity contribution in [3.8, 4) is 11.3 Å². The minimum atomic E-state index is -0.498. The van der Waals surface area contributed by atoms with Crippen molar-refractivity contribution in [2.45, 2.75) is 26.4 Å². The third-order valence-electron chi connectivity index (χ3n) is 5.87. The zero-order valence-electron chi connectivity index (χ0n) is 18.8. The maximum Gasteiger partial charge on any atom is 0.250 e. The van der Waals surface area contributed by atoms with E-state index in [1.807, 2.05) is 19.9 Å². The van der Waals surface area contributed by atoms with Gasteiger partial charge in [0, 0.05) is 35.5 Å². The number of hydrogen-bond acceptors (Lipinski definition) is 6. The molecule has 0 fully saturated rings. The average molecular weight is 478 g/mol. The summed E-state index contributed by atoms with van der Waals surface area (Å²) in [4.78, 5) is 30.4. The molecule has 0 aliphatic carbocycles. The highest BCUT2D eigenvalue weighted by Gasteiger charge is 2.22. The predicted molar refractivity (Wildman–Crippen MR) is 128 cm³/mol. The standard InChI is InChI=1S/C25H21ClFN5O2/c1-13-14(2)29-25-23(28-13)22(18-6-5-17(26)11-19(18)27)30-24(31-25)15-8-9-34-20(10-15)16-4-7-21(33)32(3)12-16/h4-7,10-12,20H,8-9H2,1-3H3. The van der Waals surface area contributed by atoms with Crippen molar-refractivity contribution < 1.29 is 9.13 Å². The largest absolute Gasteiger partial charge is 0.369 e. The molecule has 9 heteroatoms.